The van der Waals surface area contributed by atoms with Crippen molar-refractivity contribution in [1.29, 1.82) is 0 Å². The summed E-state index contributed by atoms with van der Waals surface area (Å²) in [6.45, 7) is 6.59. The van der Waals surface area contributed by atoms with E-state index in [1.54, 1.807) is 17.2 Å². The van der Waals surface area contributed by atoms with Crippen molar-refractivity contribution in [3.05, 3.63) is 54.5 Å². The third-order valence-corrected chi connectivity index (χ3v) is 4.93. The minimum atomic E-state index is -0.356. The number of hydrogen-bond acceptors (Lipinski definition) is 5. The van der Waals surface area contributed by atoms with Crippen molar-refractivity contribution in [2.45, 2.75) is 32.9 Å². The summed E-state index contributed by atoms with van der Waals surface area (Å²) in [4.78, 5) is 22.7. The summed E-state index contributed by atoms with van der Waals surface area (Å²) < 4.78 is 7.30. The van der Waals surface area contributed by atoms with E-state index in [1.807, 2.05) is 18.3 Å². The van der Waals surface area contributed by atoms with Gasteiger partial charge in [0.1, 0.15) is 12.4 Å². The Kier molecular flexibility index (Phi) is 4.43. The molecule has 1 unspecified atom stereocenters. The summed E-state index contributed by atoms with van der Waals surface area (Å²) in [6.07, 6.45) is 5.42. The molecule has 27 heavy (non-hydrogen) atoms. The molecule has 7 nitrogen and oxygen atoms in total. The van der Waals surface area contributed by atoms with Gasteiger partial charge in [0.2, 0.25) is 5.95 Å². The summed E-state index contributed by atoms with van der Waals surface area (Å²) in [5.41, 5.74) is 2.27. The Morgan fingerprint density at radius 2 is 2.11 bits per heavy atom. The zero-order chi connectivity index (χ0) is 19.0. The maximum Gasteiger partial charge on any atom is 0.415 e. The molecule has 0 radical (unpaired) electrons. The number of ether oxygens (including phenoxy) is 1. The van der Waals surface area contributed by atoms with E-state index >= 15 is 0 Å². The van der Waals surface area contributed by atoms with Crippen molar-refractivity contribution in [1.82, 2.24) is 14.4 Å². The van der Waals surface area contributed by atoms with Gasteiger partial charge in [0.25, 0.3) is 0 Å². The number of hydrogen-bond donors (Lipinski definition) is 1. The average Bonchev–Trinajstić information content (AvgIpc) is 3.25. The van der Waals surface area contributed by atoms with E-state index in [4.69, 9.17) is 4.74 Å². The minimum absolute atomic E-state index is 0.0190. The summed E-state index contributed by atoms with van der Waals surface area (Å²) in [7, 11) is 0. The molecule has 0 spiro atoms. The Bertz CT molecular complexity index is 935. The first kappa shape index (κ1) is 17.3. The number of aromatic nitrogens is 3. The molecule has 0 saturated carbocycles. The van der Waals surface area contributed by atoms with Gasteiger partial charge in [-0.25, -0.2) is 9.78 Å². The molecule has 1 amide bonds. The number of fused-ring (bicyclic) bond motifs is 1. The lowest BCUT2D eigenvalue weighted by Gasteiger charge is -2.23. The van der Waals surface area contributed by atoms with Crippen LogP contribution in [-0.2, 0) is 4.74 Å². The number of nitrogens with zero attached hydrogens (tertiary/aromatic N) is 4. The van der Waals surface area contributed by atoms with Gasteiger partial charge in [0, 0.05) is 24.1 Å². The molecule has 1 saturated heterocycles. The number of pyridine rings is 1. The summed E-state index contributed by atoms with van der Waals surface area (Å²) in [5.74, 6) is 1.32. The van der Waals surface area contributed by atoms with Gasteiger partial charge >= 0.3 is 6.09 Å². The van der Waals surface area contributed by atoms with Gasteiger partial charge in [0.15, 0.2) is 0 Å². The lowest BCUT2D eigenvalue weighted by atomic mass is 10.0. The van der Waals surface area contributed by atoms with Crippen molar-refractivity contribution >= 4 is 23.4 Å². The van der Waals surface area contributed by atoms with Crippen LogP contribution in [0.25, 0.3) is 5.52 Å². The van der Waals surface area contributed by atoms with Crippen molar-refractivity contribution < 1.29 is 9.53 Å². The van der Waals surface area contributed by atoms with Crippen LogP contribution in [0.4, 0.5) is 16.6 Å². The molecular weight excluding hydrogens is 342 g/mol. The number of carbonyl (C=O) groups is 1. The second kappa shape index (κ2) is 6.90. The molecule has 3 aromatic heterocycles. The average molecular weight is 365 g/mol. The Hall–Kier alpha value is -3.09. The van der Waals surface area contributed by atoms with Crippen LogP contribution in [0.1, 0.15) is 32.4 Å². The fourth-order valence-corrected chi connectivity index (χ4v) is 3.33. The van der Waals surface area contributed by atoms with E-state index in [-0.39, 0.29) is 24.1 Å². The van der Waals surface area contributed by atoms with Gasteiger partial charge in [-0.05, 0) is 42.7 Å². The first-order valence-corrected chi connectivity index (χ1v) is 9.15. The zero-order valence-electron chi connectivity index (χ0n) is 15.7. The largest absolute Gasteiger partial charge is 0.447 e. The van der Waals surface area contributed by atoms with E-state index in [0.29, 0.717) is 18.4 Å². The number of anilines is 2. The standard InChI is InChI=1S/C20H23N5O2/c1-13(2)17-12-27-20(26)25(17)18-7-8-21-19(23-18)22-14(3)15-10-16-6-4-5-9-24(16)11-15/h4-11,13-14,17H,12H2,1-3H3,(H,21,22,23)/t14-,17?/m1/s1. The highest BCUT2D eigenvalue weighted by molar-refractivity contribution is 5.89. The quantitative estimate of drug-likeness (QED) is 0.743. The molecule has 1 aliphatic rings. The highest BCUT2D eigenvalue weighted by Gasteiger charge is 2.37. The SMILES string of the molecule is CC(C)C1COC(=O)N1c1ccnc(N[C@H](C)c2cc3ccccn3c2)n1. The van der Waals surface area contributed by atoms with Crippen molar-refractivity contribution in [2.24, 2.45) is 5.92 Å². The van der Waals surface area contributed by atoms with Crippen molar-refractivity contribution in [3.8, 4) is 0 Å². The predicted molar refractivity (Wildman–Crippen MR) is 104 cm³/mol. The van der Waals surface area contributed by atoms with Crippen molar-refractivity contribution in [2.75, 3.05) is 16.8 Å². The van der Waals surface area contributed by atoms with E-state index in [1.165, 1.54) is 0 Å². The van der Waals surface area contributed by atoms with E-state index in [2.05, 4.69) is 58.8 Å². The first-order chi connectivity index (χ1) is 13.0. The van der Waals surface area contributed by atoms with Crippen LogP contribution in [0.3, 0.4) is 0 Å². The lowest BCUT2D eigenvalue weighted by Crippen LogP contribution is -2.37. The van der Waals surface area contributed by atoms with Crippen LogP contribution in [-0.4, -0.2) is 33.1 Å². The monoisotopic (exact) mass is 365 g/mol. The summed E-state index contributed by atoms with van der Waals surface area (Å²) in [5, 5.41) is 3.33. The predicted octanol–water partition coefficient (Wildman–Crippen LogP) is 3.88. The van der Waals surface area contributed by atoms with E-state index < -0.39 is 0 Å². The molecule has 1 aliphatic heterocycles. The maximum atomic E-state index is 12.2. The Labute approximate surface area is 158 Å². The molecule has 1 N–H and O–H groups in total. The fraction of sp³-hybridized carbons (Fsp3) is 0.350. The number of rotatable bonds is 5. The molecule has 0 bridgehead atoms. The molecular formula is C20H23N5O2. The molecule has 1 fully saturated rings. The van der Waals surface area contributed by atoms with Crippen LogP contribution in [0.5, 0.6) is 0 Å². The zero-order valence-corrected chi connectivity index (χ0v) is 15.7. The third kappa shape index (κ3) is 3.32. The Morgan fingerprint density at radius 3 is 2.89 bits per heavy atom. The topological polar surface area (TPSA) is 71.8 Å². The van der Waals surface area contributed by atoms with E-state index in [9.17, 15) is 4.79 Å². The highest BCUT2D eigenvalue weighted by Crippen LogP contribution is 2.27. The highest BCUT2D eigenvalue weighted by atomic mass is 16.6. The molecule has 0 aliphatic carbocycles. The molecule has 2 atom stereocenters. The van der Waals surface area contributed by atoms with Crippen molar-refractivity contribution in [3.63, 3.8) is 0 Å². The van der Waals surface area contributed by atoms with Crippen LogP contribution < -0.4 is 10.2 Å². The maximum absolute atomic E-state index is 12.2. The number of nitrogens with one attached hydrogen (secondary N) is 1. The smallest absolute Gasteiger partial charge is 0.415 e. The molecule has 0 aromatic carbocycles. The lowest BCUT2D eigenvalue weighted by molar-refractivity contribution is 0.177. The second-order valence-corrected chi connectivity index (χ2v) is 7.17. The summed E-state index contributed by atoms with van der Waals surface area (Å²) in [6, 6.07) is 9.96. The van der Waals surface area contributed by atoms with Gasteiger partial charge in [-0.1, -0.05) is 19.9 Å². The van der Waals surface area contributed by atoms with Crippen LogP contribution in [0.15, 0.2) is 48.9 Å². The fourth-order valence-electron chi connectivity index (χ4n) is 3.33. The molecule has 3 aromatic rings. The number of carbonyl (C=O) groups excluding carboxylic acids is 1. The van der Waals surface area contributed by atoms with Gasteiger partial charge in [-0.3, -0.25) is 4.90 Å². The molecule has 4 rings (SSSR count). The Balaban J connectivity index is 1.56. The van der Waals surface area contributed by atoms with E-state index in [0.717, 1.165) is 11.1 Å². The number of amides is 1. The molecule has 7 heteroatoms. The molecule has 140 valence electrons. The van der Waals surface area contributed by atoms with Crippen LogP contribution in [0, 0.1) is 5.92 Å². The Morgan fingerprint density at radius 1 is 1.26 bits per heavy atom. The third-order valence-electron chi connectivity index (χ3n) is 4.93. The van der Waals surface area contributed by atoms with Gasteiger partial charge in [0.05, 0.1) is 12.1 Å². The molecule has 4 heterocycles. The summed E-state index contributed by atoms with van der Waals surface area (Å²) >= 11 is 0. The van der Waals surface area contributed by atoms with Crippen LogP contribution >= 0.6 is 0 Å². The first-order valence-electron chi connectivity index (χ1n) is 9.15. The van der Waals surface area contributed by atoms with Gasteiger partial charge in [-0.15, -0.1) is 0 Å². The number of cyclic esters (lactones) is 1. The van der Waals surface area contributed by atoms with Gasteiger partial charge in [-0.2, -0.15) is 4.98 Å². The normalized spacial score (nSPS) is 18.1. The second-order valence-electron chi connectivity index (χ2n) is 7.17. The van der Waals surface area contributed by atoms with Gasteiger partial charge < -0.3 is 14.5 Å². The van der Waals surface area contributed by atoms with Crippen LogP contribution in [0.2, 0.25) is 0 Å². The minimum Gasteiger partial charge on any atom is -0.447 e.